The summed E-state index contributed by atoms with van der Waals surface area (Å²) in [5.41, 5.74) is 19.3. The van der Waals surface area contributed by atoms with Gasteiger partial charge in [-0.1, -0.05) is 156 Å². The van der Waals surface area contributed by atoms with Crippen molar-refractivity contribution in [3.8, 4) is 39.4 Å². The van der Waals surface area contributed by atoms with Crippen LogP contribution in [0.4, 0.5) is 0 Å². The van der Waals surface area contributed by atoms with E-state index in [0.717, 1.165) is 66.9 Å². The number of nitrogens with zero attached hydrogens (tertiary/aromatic N) is 4. The Morgan fingerprint density at radius 1 is 0.621 bits per heavy atom. The average molecular weight is 1040 g/mol. The quantitative estimate of drug-likeness (QED) is 0.118. The Kier molecular flexibility index (Phi) is 11.1. The maximum absolute atomic E-state index is 5.75. The van der Waals surface area contributed by atoms with E-state index in [2.05, 4.69) is 226 Å². The van der Waals surface area contributed by atoms with Gasteiger partial charge in [0, 0.05) is 38.3 Å². The van der Waals surface area contributed by atoms with Crippen molar-refractivity contribution in [3.63, 3.8) is 0 Å². The van der Waals surface area contributed by atoms with Crippen molar-refractivity contribution in [2.24, 2.45) is 0 Å². The van der Waals surface area contributed by atoms with Crippen LogP contribution in [0.15, 0.2) is 152 Å². The van der Waals surface area contributed by atoms with E-state index in [1.165, 1.54) is 44.3 Å². The fraction of sp³-hybridized carbons (Fsp3) is 0.200. The molecule has 7 aromatic carbocycles. The predicted octanol–water partition coefficient (Wildman–Crippen LogP) is 13.7. The molecule has 0 N–H and O–H groups in total. The third kappa shape index (κ3) is 7.82. The molecule has 0 saturated carbocycles. The molecule has 0 amide bonds. The van der Waals surface area contributed by atoms with Gasteiger partial charge in [-0.3, -0.25) is 4.57 Å². The monoisotopic (exact) mass is 1040 g/mol. The second kappa shape index (κ2) is 16.8. The molecule has 1 aliphatic heterocycles. The van der Waals surface area contributed by atoms with Crippen molar-refractivity contribution in [3.05, 3.63) is 209 Å². The zero-order valence-corrected chi connectivity index (χ0v) is 40.8. The summed E-state index contributed by atoms with van der Waals surface area (Å²) in [4.78, 5) is 4.92. The molecule has 0 radical (unpaired) electrons. The van der Waals surface area contributed by atoms with Gasteiger partial charge in [-0.05, 0) is 86.3 Å². The minimum Gasteiger partial charge on any atom is -0.372 e. The fourth-order valence-electron chi connectivity index (χ4n) is 9.55. The Morgan fingerprint density at radius 2 is 1.32 bits per heavy atom. The Labute approximate surface area is 402 Å². The van der Waals surface area contributed by atoms with Crippen LogP contribution in [-0.2, 0) is 56.3 Å². The van der Waals surface area contributed by atoms with Crippen LogP contribution in [-0.4, -0.2) is 14.1 Å². The van der Waals surface area contributed by atoms with E-state index < -0.39 is 0 Å². The van der Waals surface area contributed by atoms with E-state index in [0.29, 0.717) is 19.6 Å². The molecule has 0 bridgehead atoms. The first kappa shape index (κ1) is 43.5. The van der Waals surface area contributed by atoms with E-state index in [1.807, 2.05) is 6.20 Å². The number of imidazole rings is 1. The number of fused-ring (bicyclic) bond motifs is 5. The topological polar surface area (TPSA) is 35.9 Å². The summed E-state index contributed by atoms with van der Waals surface area (Å²) in [6, 6.07) is 60.8. The van der Waals surface area contributed by atoms with Gasteiger partial charge in [0.25, 0.3) is 6.33 Å². The molecule has 6 heteroatoms. The third-order valence-corrected chi connectivity index (χ3v) is 13.1. The number of aromatic nitrogens is 4. The van der Waals surface area contributed by atoms with Gasteiger partial charge in [-0.15, -0.1) is 5.39 Å². The summed E-state index contributed by atoms with van der Waals surface area (Å²) >= 11 is 0. The first-order valence-electron chi connectivity index (χ1n) is 22.7. The van der Waals surface area contributed by atoms with E-state index in [9.17, 15) is 0 Å². The molecule has 0 atom stereocenters. The SMILES string of the molecule is Cc1cc(-c2ccc(C(C)(C)C)cc2)c(-[n+]2[c-]n(-c3[c-]c(Cc4[c-]c5c(cc4)c4ccccc4n5-c4cc5c(cn4)COC5)ccc3)c3ccccc32)c(-c2cccc(C(C)(C)C)c2)c1.[Pt]. The third-order valence-electron chi connectivity index (χ3n) is 13.1. The number of rotatable bonds is 7. The molecule has 0 unspecified atom stereocenters. The fourth-order valence-corrected chi connectivity index (χ4v) is 9.55. The predicted molar refractivity (Wildman–Crippen MR) is 264 cm³/mol. The maximum atomic E-state index is 5.75. The molecule has 0 spiro atoms. The number of pyridine rings is 1. The molecule has 10 aromatic rings. The van der Waals surface area contributed by atoms with Crippen LogP contribution in [0.3, 0.4) is 0 Å². The minimum absolute atomic E-state index is 0. The summed E-state index contributed by atoms with van der Waals surface area (Å²) in [5.74, 6) is 0.884. The van der Waals surface area contributed by atoms with Crippen molar-refractivity contribution in [2.45, 2.75) is 78.9 Å². The largest absolute Gasteiger partial charge is 0.372 e. The average Bonchev–Trinajstić information content (AvgIpc) is 4.02. The summed E-state index contributed by atoms with van der Waals surface area (Å²) < 4.78 is 12.5. The zero-order valence-electron chi connectivity index (χ0n) is 38.6. The van der Waals surface area contributed by atoms with Gasteiger partial charge in [0.15, 0.2) is 0 Å². The van der Waals surface area contributed by atoms with Crippen LogP contribution in [0.5, 0.6) is 0 Å². The molecule has 330 valence electrons. The van der Waals surface area contributed by atoms with Crippen LogP contribution < -0.4 is 4.57 Å². The minimum atomic E-state index is -0.00137. The molecule has 66 heavy (non-hydrogen) atoms. The summed E-state index contributed by atoms with van der Waals surface area (Å²) in [7, 11) is 0. The molecular weight excluding hydrogens is 988 g/mol. The second-order valence-corrected chi connectivity index (χ2v) is 19.8. The van der Waals surface area contributed by atoms with Crippen molar-refractivity contribution < 1.29 is 30.4 Å². The van der Waals surface area contributed by atoms with E-state index in [4.69, 9.17) is 9.72 Å². The van der Waals surface area contributed by atoms with Crippen molar-refractivity contribution in [1.29, 1.82) is 0 Å². The normalized spacial score (nSPS) is 12.8. The molecular formula is C60H52N4OPt-2. The Hall–Kier alpha value is -6.39. The molecule has 0 saturated heterocycles. The first-order chi connectivity index (χ1) is 31.4. The van der Waals surface area contributed by atoms with Gasteiger partial charge in [0.05, 0.1) is 29.9 Å². The molecule has 11 rings (SSSR count). The number of para-hydroxylation sites is 3. The van der Waals surface area contributed by atoms with Crippen molar-refractivity contribution in [1.82, 2.24) is 14.1 Å². The summed E-state index contributed by atoms with van der Waals surface area (Å²) in [6.07, 6.45) is 6.52. The standard InChI is InChI=1S/C60H52N4O.Pt/c1-39-28-51(42-23-25-46(26-24-42)59(2,3)4)58(52(29-39)43-15-13-16-47(33-43)60(5,6)7)63-38-62(54-20-10-11-21-55(54)63)48-17-12-14-40(31-48)30-41-22-27-50-49-18-8-9-19-53(49)64(56(50)32-41)57-34-44-36-65-37-45(44)35-61-57;/h8-29,33-35H,30,36-37H2,1-7H3;/q-2;. The van der Waals surface area contributed by atoms with Crippen molar-refractivity contribution in [2.75, 3.05) is 0 Å². The van der Waals surface area contributed by atoms with Gasteiger partial charge in [0.1, 0.15) is 5.82 Å². The zero-order chi connectivity index (χ0) is 44.6. The van der Waals surface area contributed by atoms with Gasteiger partial charge in [-0.2, -0.15) is 53.6 Å². The number of hydrogen-bond donors (Lipinski definition) is 0. The summed E-state index contributed by atoms with van der Waals surface area (Å²) in [5, 5.41) is 2.34. The molecule has 0 fully saturated rings. The molecule has 0 aliphatic carbocycles. The van der Waals surface area contributed by atoms with Gasteiger partial charge < -0.3 is 13.9 Å². The number of benzene rings is 7. The van der Waals surface area contributed by atoms with Crippen LogP contribution in [0.1, 0.15) is 80.5 Å². The summed E-state index contributed by atoms with van der Waals surface area (Å²) in [6.45, 7) is 17.1. The van der Waals surface area contributed by atoms with Gasteiger partial charge in [-0.25, -0.2) is 4.98 Å². The second-order valence-electron chi connectivity index (χ2n) is 19.8. The number of aryl methyl sites for hydroxylation is 1. The smallest absolute Gasteiger partial charge is 0.268 e. The van der Waals surface area contributed by atoms with E-state index in [1.54, 1.807) is 0 Å². The molecule has 3 aromatic heterocycles. The maximum Gasteiger partial charge on any atom is 0.268 e. The van der Waals surface area contributed by atoms with E-state index >= 15 is 0 Å². The number of hydrogen-bond acceptors (Lipinski definition) is 2. The molecule has 1 aliphatic rings. The first-order valence-corrected chi connectivity index (χ1v) is 22.7. The van der Waals surface area contributed by atoms with Gasteiger partial charge in [0.2, 0.25) is 0 Å². The Morgan fingerprint density at radius 3 is 2.11 bits per heavy atom. The van der Waals surface area contributed by atoms with Crippen LogP contribution >= 0.6 is 0 Å². The van der Waals surface area contributed by atoms with Crippen LogP contribution in [0.2, 0.25) is 0 Å². The number of ether oxygens (including phenoxy) is 1. The Bertz CT molecular complexity index is 3470. The van der Waals surface area contributed by atoms with E-state index in [-0.39, 0.29) is 31.9 Å². The van der Waals surface area contributed by atoms with Gasteiger partial charge >= 0.3 is 0 Å². The van der Waals surface area contributed by atoms with Crippen molar-refractivity contribution >= 4 is 32.8 Å². The van der Waals surface area contributed by atoms with Crippen LogP contribution in [0, 0.1) is 25.4 Å². The molecule has 5 nitrogen and oxygen atoms in total. The molecule has 4 heterocycles. The van der Waals surface area contributed by atoms with Crippen LogP contribution in [0.25, 0.3) is 72.3 Å². The Balaban J connectivity index is 0.00000511.